The molecular weight excluding hydrogens is 366 g/mol. The molecule has 2 aromatic carbocycles. The lowest BCUT2D eigenvalue weighted by molar-refractivity contribution is -0.140. The Balaban J connectivity index is 1.52. The summed E-state index contributed by atoms with van der Waals surface area (Å²) >= 11 is 1.71. The number of nitrogens with zero attached hydrogens (tertiary/aromatic N) is 3. The third kappa shape index (κ3) is 3.03. The first-order chi connectivity index (χ1) is 13.6. The summed E-state index contributed by atoms with van der Waals surface area (Å²) in [5.74, 6) is 0.254. The zero-order valence-corrected chi connectivity index (χ0v) is 17.0. The summed E-state index contributed by atoms with van der Waals surface area (Å²) in [5.41, 5.74) is 1.51. The number of aromatic nitrogens is 1. The number of hydrogen-bond donors (Lipinski definition) is 0. The van der Waals surface area contributed by atoms with Gasteiger partial charge in [0.05, 0.1) is 20.6 Å². The van der Waals surface area contributed by atoms with Gasteiger partial charge in [-0.05, 0) is 31.0 Å². The van der Waals surface area contributed by atoms with Gasteiger partial charge in [0.25, 0.3) is 0 Å². The highest BCUT2D eigenvalue weighted by Gasteiger charge is 2.44. The summed E-state index contributed by atoms with van der Waals surface area (Å²) in [6.45, 7) is 6.09. The number of carbonyl (C=O) groups excluding carboxylic acids is 1. The van der Waals surface area contributed by atoms with E-state index in [4.69, 9.17) is 4.98 Å². The summed E-state index contributed by atoms with van der Waals surface area (Å²) in [6.07, 6.45) is 1.74. The van der Waals surface area contributed by atoms with Crippen LogP contribution in [-0.4, -0.2) is 52.9 Å². The predicted octanol–water partition coefficient (Wildman–Crippen LogP) is 3.71. The molecule has 5 heteroatoms. The molecule has 1 aromatic heterocycles. The van der Waals surface area contributed by atoms with E-state index < -0.39 is 5.41 Å². The number of benzene rings is 2. The van der Waals surface area contributed by atoms with Gasteiger partial charge >= 0.3 is 0 Å². The van der Waals surface area contributed by atoms with Gasteiger partial charge in [-0.15, -0.1) is 11.3 Å². The topological polar surface area (TPSA) is 36.4 Å². The van der Waals surface area contributed by atoms with Gasteiger partial charge in [-0.2, -0.15) is 0 Å². The molecule has 2 aliphatic heterocycles. The number of thiazole rings is 1. The van der Waals surface area contributed by atoms with E-state index in [-0.39, 0.29) is 5.91 Å². The highest BCUT2D eigenvalue weighted by molar-refractivity contribution is 7.18. The molecule has 2 bridgehead atoms. The van der Waals surface area contributed by atoms with Crippen LogP contribution in [0.25, 0.3) is 10.2 Å². The number of hydrogen-bond acceptors (Lipinski definition) is 4. The molecule has 2 aliphatic rings. The van der Waals surface area contributed by atoms with E-state index in [0.29, 0.717) is 12.5 Å². The number of carbonyl (C=O) groups is 1. The summed E-state index contributed by atoms with van der Waals surface area (Å²) < 4.78 is 1.18. The Bertz CT molecular complexity index is 968. The van der Waals surface area contributed by atoms with Crippen LogP contribution in [0, 0.1) is 0 Å². The quantitative estimate of drug-likeness (QED) is 0.680. The summed E-state index contributed by atoms with van der Waals surface area (Å²) in [4.78, 5) is 23.4. The van der Waals surface area contributed by atoms with Crippen LogP contribution < -0.4 is 0 Å². The van der Waals surface area contributed by atoms with Gasteiger partial charge in [0.2, 0.25) is 5.91 Å². The minimum Gasteiger partial charge on any atom is -0.336 e. The van der Waals surface area contributed by atoms with Crippen LogP contribution in [0.2, 0.25) is 0 Å². The van der Waals surface area contributed by atoms with Crippen LogP contribution in [0.5, 0.6) is 0 Å². The Morgan fingerprint density at radius 1 is 1.11 bits per heavy atom. The van der Waals surface area contributed by atoms with Crippen LogP contribution in [0.4, 0.5) is 0 Å². The molecule has 2 saturated heterocycles. The van der Waals surface area contributed by atoms with E-state index in [2.05, 4.69) is 41.0 Å². The van der Waals surface area contributed by atoms with E-state index in [1.54, 1.807) is 11.3 Å². The molecule has 3 atom stereocenters. The van der Waals surface area contributed by atoms with Crippen molar-refractivity contribution < 1.29 is 4.79 Å². The molecule has 2 fully saturated rings. The first-order valence-electron chi connectivity index (χ1n) is 10.1. The van der Waals surface area contributed by atoms with Crippen molar-refractivity contribution in [3.63, 3.8) is 0 Å². The Hall–Kier alpha value is -2.24. The van der Waals surface area contributed by atoms with Crippen molar-refractivity contribution in [1.29, 1.82) is 0 Å². The fourth-order valence-electron chi connectivity index (χ4n) is 4.69. The van der Waals surface area contributed by atoms with Crippen molar-refractivity contribution in [2.45, 2.75) is 31.2 Å². The Morgan fingerprint density at radius 3 is 2.71 bits per heavy atom. The van der Waals surface area contributed by atoms with Crippen LogP contribution >= 0.6 is 11.3 Å². The SMILES string of the molecule is CC(Cc1nc2ccccc2s1)(C(=O)N1CCN2CCC1C2)c1ccccc1. The maximum absolute atomic E-state index is 13.9. The number of piperazine rings is 1. The highest BCUT2D eigenvalue weighted by atomic mass is 32.1. The molecule has 0 saturated carbocycles. The molecule has 0 radical (unpaired) electrons. The number of amides is 1. The molecule has 3 aromatic rings. The van der Waals surface area contributed by atoms with Crippen LogP contribution in [0.15, 0.2) is 54.6 Å². The van der Waals surface area contributed by atoms with Gasteiger partial charge in [0.15, 0.2) is 0 Å². The number of rotatable bonds is 4. The molecular formula is C23H25N3OS. The van der Waals surface area contributed by atoms with Gasteiger partial charge in [0.1, 0.15) is 0 Å². The summed E-state index contributed by atoms with van der Waals surface area (Å²) in [6, 6.07) is 18.9. The van der Waals surface area contributed by atoms with Gasteiger partial charge in [0, 0.05) is 38.6 Å². The lowest BCUT2D eigenvalue weighted by Gasteiger charge is -2.40. The van der Waals surface area contributed by atoms with Crippen molar-refractivity contribution in [3.05, 3.63) is 65.2 Å². The molecule has 144 valence electrons. The highest BCUT2D eigenvalue weighted by Crippen LogP contribution is 2.35. The molecule has 3 heterocycles. The smallest absolute Gasteiger partial charge is 0.233 e. The normalized spacial score (nSPS) is 23.7. The van der Waals surface area contributed by atoms with E-state index >= 15 is 0 Å². The van der Waals surface area contributed by atoms with Gasteiger partial charge in [-0.25, -0.2) is 4.98 Å². The molecule has 28 heavy (non-hydrogen) atoms. The van der Waals surface area contributed by atoms with Crippen molar-refractivity contribution >= 4 is 27.5 Å². The van der Waals surface area contributed by atoms with Gasteiger partial charge in [-0.3, -0.25) is 9.69 Å². The van der Waals surface area contributed by atoms with Gasteiger partial charge < -0.3 is 4.90 Å². The van der Waals surface area contributed by atoms with E-state index in [0.717, 1.165) is 48.7 Å². The van der Waals surface area contributed by atoms with Crippen molar-refractivity contribution in [2.24, 2.45) is 0 Å². The second kappa shape index (κ2) is 6.98. The minimum absolute atomic E-state index is 0.254. The van der Waals surface area contributed by atoms with E-state index in [9.17, 15) is 4.79 Å². The van der Waals surface area contributed by atoms with Crippen LogP contribution in [0.3, 0.4) is 0 Å². The standard InChI is InChI=1S/C23H25N3OS/c1-23(17-7-3-2-4-8-17,15-21-24-19-9-5-6-10-20(19)28-21)22(27)26-14-13-25-12-11-18(26)16-25/h2-10,18H,11-16H2,1H3. The Labute approximate surface area is 169 Å². The molecule has 0 aliphatic carbocycles. The zero-order valence-electron chi connectivity index (χ0n) is 16.2. The van der Waals surface area contributed by atoms with Crippen LogP contribution in [-0.2, 0) is 16.6 Å². The Kier molecular flexibility index (Phi) is 4.44. The second-order valence-corrected chi connectivity index (χ2v) is 9.31. The fourth-order valence-corrected chi connectivity index (χ4v) is 5.81. The third-order valence-electron chi connectivity index (χ3n) is 6.33. The van der Waals surface area contributed by atoms with Crippen molar-refractivity contribution in [1.82, 2.24) is 14.8 Å². The third-order valence-corrected chi connectivity index (χ3v) is 7.37. The monoisotopic (exact) mass is 391 g/mol. The maximum atomic E-state index is 13.9. The minimum atomic E-state index is -0.597. The first-order valence-corrected chi connectivity index (χ1v) is 10.9. The summed E-state index contributed by atoms with van der Waals surface area (Å²) in [5, 5.41) is 1.03. The first kappa shape index (κ1) is 17.8. The Morgan fingerprint density at radius 2 is 1.89 bits per heavy atom. The number of para-hydroxylation sites is 1. The largest absolute Gasteiger partial charge is 0.336 e. The molecule has 0 spiro atoms. The van der Waals surface area contributed by atoms with E-state index in [1.807, 2.05) is 30.3 Å². The van der Waals surface area contributed by atoms with E-state index in [1.165, 1.54) is 4.70 Å². The fraction of sp³-hybridized carbons (Fsp3) is 0.391. The molecule has 5 rings (SSSR count). The lowest BCUT2D eigenvalue weighted by atomic mass is 9.77. The van der Waals surface area contributed by atoms with Crippen molar-refractivity contribution in [2.75, 3.05) is 26.2 Å². The molecule has 3 unspecified atom stereocenters. The van der Waals surface area contributed by atoms with Gasteiger partial charge in [-0.1, -0.05) is 42.5 Å². The average molecular weight is 392 g/mol. The van der Waals surface area contributed by atoms with Crippen LogP contribution in [0.1, 0.15) is 23.9 Å². The maximum Gasteiger partial charge on any atom is 0.233 e. The lowest BCUT2D eigenvalue weighted by Crippen LogP contribution is -2.55. The zero-order chi connectivity index (χ0) is 19.1. The average Bonchev–Trinajstić information content (AvgIpc) is 3.31. The number of fused-ring (bicyclic) bond motifs is 3. The molecule has 1 amide bonds. The second-order valence-electron chi connectivity index (χ2n) is 8.19. The molecule has 0 N–H and O–H groups in total. The summed E-state index contributed by atoms with van der Waals surface area (Å²) in [7, 11) is 0. The molecule has 4 nitrogen and oxygen atoms in total. The van der Waals surface area contributed by atoms with Crippen molar-refractivity contribution in [3.8, 4) is 0 Å². The predicted molar refractivity (Wildman–Crippen MR) is 114 cm³/mol.